The van der Waals surface area contributed by atoms with Crippen molar-refractivity contribution in [2.24, 2.45) is 0 Å². The van der Waals surface area contributed by atoms with Crippen molar-refractivity contribution in [3.05, 3.63) is 59.0 Å². The summed E-state index contributed by atoms with van der Waals surface area (Å²) in [5, 5.41) is 14.2. The summed E-state index contributed by atoms with van der Waals surface area (Å²) >= 11 is 5.83. The third kappa shape index (κ3) is 5.98. The minimum absolute atomic E-state index is 0.180. The molecule has 33 heavy (non-hydrogen) atoms. The minimum Gasteiger partial charge on any atom is -0.488 e. The Morgan fingerprint density at radius 3 is 2.70 bits per heavy atom. The van der Waals surface area contributed by atoms with Crippen molar-refractivity contribution >= 4 is 23.4 Å². The van der Waals surface area contributed by atoms with Crippen molar-refractivity contribution in [3.8, 4) is 17.3 Å². The molecule has 2 amide bonds. The maximum atomic E-state index is 12.3. The molecule has 2 heterocycles. The van der Waals surface area contributed by atoms with Gasteiger partial charge in [0.1, 0.15) is 24.7 Å². The van der Waals surface area contributed by atoms with Gasteiger partial charge in [0.05, 0.1) is 11.2 Å². The summed E-state index contributed by atoms with van der Waals surface area (Å²) in [5.74, 6) is 0.319. The fourth-order valence-corrected chi connectivity index (χ4v) is 3.05. The Kier molecular flexibility index (Phi) is 7.04. The van der Waals surface area contributed by atoms with Crippen LogP contribution in [0.2, 0.25) is 5.02 Å². The number of pyridine rings is 1. The first-order valence-electron chi connectivity index (χ1n) is 10.6. The van der Waals surface area contributed by atoms with Gasteiger partial charge in [-0.1, -0.05) is 16.8 Å². The maximum Gasteiger partial charge on any atom is 0.273 e. The molecule has 4 rings (SSSR count). The van der Waals surface area contributed by atoms with E-state index in [4.69, 9.17) is 21.1 Å². The van der Waals surface area contributed by atoms with E-state index >= 15 is 0 Å². The van der Waals surface area contributed by atoms with Crippen LogP contribution in [0.5, 0.6) is 11.6 Å². The lowest BCUT2D eigenvalue weighted by Gasteiger charge is -2.13. The number of amides is 2. The van der Waals surface area contributed by atoms with Gasteiger partial charge in [0.25, 0.3) is 11.8 Å². The molecule has 0 unspecified atom stereocenters. The average Bonchev–Trinajstić information content (AvgIpc) is 3.49. The molecule has 0 aliphatic heterocycles. The summed E-state index contributed by atoms with van der Waals surface area (Å²) in [4.78, 5) is 28.6. The van der Waals surface area contributed by atoms with Crippen LogP contribution in [-0.4, -0.2) is 57.6 Å². The van der Waals surface area contributed by atoms with Gasteiger partial charge in [0.2, 0.25) is 5.88 Å². The Balaban J connectivity index is 1.49. The molecule has 1 saturated carbocycles. The Morgan fingerprint density at radius 2 is 1.97 bits per heavy atom. The van der Waals surface area contributed by atoms with Gasteiger partial charge in [0.15, 0.2) is 5.69 Å². The smallest absolute Gasteiger partial charge is 0.273 e. The largest absolute Gasteiger partial charge is 0.488 e. The topological polar surface area (TPSA) is 120 Å². The number of carbonyl (C=O) groups is 2. The molecule has 0 spiro atoms. The zero-order valence-corrected chi connectivity index (χ0v) is 18.7. The lowest BCUT2D eigenvalue weighted by atomic mass is 10.1. The average molecular weight is 471 g/mol. The van der Waals surface area contributed by atoms with Crippen molar-refractivity contribution in [2.75, 3.05) is 19.8 Å². The van der Waals surface area contributed by atoms with Crippen LogP contribution in [-0.2, 0) is 0 Å². The molecule has 2 aromatic heterocycles. The second-order valence-corrected chi connectivity index (χ2v) is 7.79. The van der Waals surface area contributed by atoms with E-state index in [2.05, 4.69) is 25.9 Å². The van der Waals surface area contributed by atoms with Crippen LogP contribution in [0.4, 0.5) is 0 Å². The monoisotopic (exact) mass is 470 g/mol. The molecule has 10 nitrogen and oxygen atoms in total. The van der Waals surface area contributed by atoms with Gasteiger partial charge in [-0.25, -0.2) is 9.67 Å². The second-order valence-electron chi connectivity index (χ2n) is 7.35. The van der Waals surface area contributed by atoms with E-state index in [9.17, 15) is 9.59 Å². The summed E-state index contributed by atoms with van der Waals surface area (Å²) in [6, 6.07) is 8.53. The van der Waals surface area contributed by atoms with Gasteiger partial charge in [-0.2, -0.15) is 0 Å². The second kappa shape index (κ2) is 10.3. The van der Waals surface area contributed by atoms with Crippen molar-refractivity contribution < 1.29 is 19.1 Å². The van der Waals surface area contributed by atoms with Crippen LogP contribution < -0.4 is 20.1 Å². The lowest BCUT2D eigenvalue weighted by Crippen LogP contribution is -2.25. The quantitative estimate of drug-likeness (QED) is 0.436. The fraction of sp³-hybridized carbons (Fsp3) is 0.318. The Hall–Kier alpha value is -3.66. The first-order chi connectivity index (χ1) is 16.0. The number of hydrogen-bond donors (Lipinski definition) is 2. The molecule has 11 heteroatoms. The van der Waals surface area contributed by atoms with Gasteiger partial charge in [-0.05, 0) is 44.0 Å². The van der Waals surface area contributed by atoms with Crippen LogP contribution in [0.25, 0.3) is 5.69 Å². The van der Waals surface area contributed by atoms with Crippen LogP contribution >= 0.6 is 11.6 Å². The highest BCUT2D eigenvalue weighted by Crippen LogP contribution is 2.25. The number of hydrogen-bond acceptors (Lipinski definition) is 7. The predicted molar refractivity (Wildman–Crippen MR) is 120 cm³/mol. The molecular formula is C22H23ClN6O4. The fourth-order valence-electron chi connectivity index (χ4n) is 2.94. The highest BCUT2D eigenvalue weighted by atomic mass is 35.5. The van der Waals surface area contributed by atoms with E-state index in [0.717, 1.165) is 12.8 Å². The molecule has 1 aliphatic carbocycles. The van der Waals surface area contributed by atoms with E-state index in [0.29, 0.717) is 34.4 Å². The van der Waals surface area contributed by atoms with E-state index in [-0.39, 0.29) is 36.8 Å². The number of benzene rings is 1. The third-order valence-electron chi connectivity index (χ3n) is 4.74. The summed E-state index contributed by atoms with van der Waals surface area (Å²) in [6.45, 7) is 2.74. The van der Waals surface area contributed by atoms with Crippen molar-refractivity contribution in [1.82, 2.24) is 30.6 Å². The number of ether oxygens (including phenoxy) is 2. The minimum atomic E-state index is -0.269. The van der Waals surface area contributed by atoms with Gasteiger partial charge in [-0.3, -0.25) is 9.59 Å². The molecule has 172 valence electrons. The molecule has 2 N–H and O–H groups in total. The van der Waals surface area contributed by atoms with Crippen LogP contribution in [0.3, 0.4) is 0 Å². The number of nitrogens with one attached hydrogen (secondary N) is 2. The molecule has 0 bridgehead atoms. The molecule has 0 saturated heterocycles. The normalized spacial score (nSPS) is 12.8. The number of halogens is 1. The number of aromatic nitrogens is 4. The standard InChI is InChI=1S/C22H23ClN6O4/c1-2-24-21(30)14-3-7-18(29-13-17(27-28-29)22(31)26-16-5-6-16)19(11-14)32-9-10-33-20-8-4-15(23)12-25-20/h3-4,7-8,11-13,16H,2,5-6,9-10H2,1H3,(H,24,30)(H,26,31). The molecule has 0 atom stereocenters. The third-order valence-corrected chi connectivity index (χ3v) is 4.96. The van der Waals surface area contributed by atoms with E-state index in [1.807, 2.05) is 6.92 Å². The zero-order chi connectivity index (χ0) is 23.2. The summed E-state index contributed by atoms with van der Waals surface area (Å²) < 4.78 is 12.9. The Bertz CT molecular complexity index is 1130. The van der Waals surface area contributed by atoms with Crippen LogP contribution in [0.15, 0.2) is 42.7 Å². The zero-order valence-electron chi connectivity index (χ0n) is 18.0. The summed E-state index contributed by atoms with van der Waals surface area (Å²) in [5.41, 5.74) is 1.17. The van der Waals surface area contributed by atoms with Gasteiger partial charge < -0.3 is 20.1 Å². The first kappa shape index (κ1) is 22.5. The van der Waals surface area contributed by atoms with E-state index in [1.54, 1.807) is 30.3 Å². The van der Waals surface area contributed by atoms with Gasteiger partial charge in [0, 0.05) is 30.4 Å². The molecule has 1 fully saturated rings. The first-order valence-corrected chi connectivity index (χ1v) is 10.9. The molecule has 1 aliphatic rings. The maximum absolute atomic E-state index is 12.3. The Morgan fingerprint density at radius 1 is 1.15 bits per heavy atom. The van der Waals surface area contributed by atoms with E-state index in [1.165, 1.54) is 17.1 Å². The van der Waals surface area contributed by atoms with Crippen molar-refractivity contribution in [3.63, 3.8) is 0 Å². The summed E-state index contributed by atoms with van der Waals surface area (Å²) in [6.07, 6.45) is 4.98. The Labute approximate surface area is 195 Å². The van der Waals surface area contributed by atoms with Crippen LogP contribution in [0.1, 0.15) is 40.6 Å². The molecule has 0 radical (unpaired) electrons. The predicted octanol–water partition coefficient (Wildman–Crippen LogP) is 2.42. The number of rotatable bonds is 10. The molecule has 3 aromatic rings. The molecular weight excluding hydrogens is 448 g/mol. The summed E-state index contributed by atoms with van der Waals surface area (Å²) in [7, 11) is 0. The lowest BCUT2D eigenvalue weighted by molar-refractivity contribution is 0.0941. The number of nitrogens with zero attached hydrogens (tertiary/aromatic N) is 4. The number of carbonyl (C=O) groups excluding carboxylic acids is 2. The highest BCUT2D eigenvalue weighted by molar-refractivity contribution is 6.30. The van der Waals surface area contributed by atoms with Crippen molar-refractivity contribution in [2.45, 2.75) is 25.8 Å². The van der Waals surface area contributed by atoms with Gasteiger partial charge in [-0.15, -0.1) is 5.10 Å². The SMILES string of the molecule is CCNC(=O)c1ccc(-n2cc(C(=O)NC3CC3)nn2)c(OCCOc2ccc(Cl)cn2)c1. The van der Waals surface area contributed by atoms with E-state index < -0.39 is 0 Å². The van der Waals surface area contributed by atoms with Crippen LogP contribution in [0, 0.1) is 0 Å². The molecule has 1 aromatic carbocycles. The van der Waals surface area contributed by atoms with Crippen molar-refractivity contribution in [1.29, 1.82) is 0 Å². The van der Waals surface area contributed by atoms with Gasteiger partial charge >= 0.3 is 0 Å². The highest BCUT2D eigenvalue weighted by Gasteiger charge is 2.25.